The number of benzene rings is 2. The van der Waals surface area contributed by atoms with E-state index >= 15 is 0 Å². The van der Waals surface area contributed by atoms with Crippen molar-refractivity contribution in [3.8, 4) is 0 Å². The van der Waals surface area contributed by atoms with E-state index in [1.165, 1.54) is 21.9 Å². The quantitative estimate of drug-likeness (QED) is 0.483. The molecule has 2 aromatic carbocycles. The maximum Gasteiger partial charge on any atom is 0.241 e. The highest BCUT2D eigenvalue weighted by Crippen LogP contribution is 2.34. The number of nitrogens with zero attached hydrogens (tertiary/aromatic N) is 2. The van der Waals surface area contributed by atoms with Crippen LogP contribution in [0.3, 0.4) is 0 Å². The van der Waals surface area contributed by atoms with Crippen molar-refractivity contribution in [2.45, 2.75) is 25.8 Å². The van der Waals surface area contributed by atoms with Gasteiger partial charge in [0.25, 0.3) is 0 Å². The largest absolute Gasteiger partial charge is 0.328 e. The molecule has 1 aliphatic rings. The van der Waals surface area contributed by atoms with Crippen LogP contribution in [0.4, 0.5) is 5.69 Å². The molecule has 2 N–H and O–H groups in total. The number of nitrogens with one attached hydrogen (secondary N) is 2. The van der Waals surface area contributed by atoms with Gasteiger partial charge in [-0.1, -0.05) is 18.2 Å². The van der Waals surface area contributed by atoms with Crippen LogP contribution >= 0.6 is 24.8 Å². The van der Waals surface area contributed by atoms with E-state index in [2.05, 4.69) is 53.4 Å². The average Bonchev–Trinajstić information content (AvgIpc) is 3.31. The van der Waals surface area contributed by atoms with Gasteiger partial charge in [0.2, 0.25) is 5.91 Å². The minimum atomic E-state index is -0.0829. The van der Waals surface area contributed by atoms with Crippen LogP contribution in [0.25, 0.3) is 32.8 Å². The van der Waals surface area contributed by atoms with Crippen LogP contribution in [-0.4, -0.2) is 28.0 Å². The van der Waals surface area contributed by atoms with Crippen molar-refractivity contribution in [2.75, 3.05) is 11.9 Å². The molecule has 0 spiro atoms. The number of hydrogen-bond donors (Lipinski definition) is 2. The molecule has 1 amide bonds. The van der Waals surface area contributed by atoms with E-state index in [1.54, 1.807) is 0 Å². The molecule has 7 heteroatoms. The van der Waals surface area contributed by atoms with Crippen LogP contribution in [0.5, 0.6) is 0 Å². The predicted molar refractivity (Wildman–Crippen MR) is 125 cm³/mol. The van der Waals surface area contributed by atoms with Gasteiger partial charge < -0.3 is 15.2 Å². The second-order valence-electron chi connectivity index (χ2n) is 7.38. The zero-order chi connectivity index (χ0) is 18.5. The van der Waals surface area contributed by atoms with Crippen molar-refractivity contribution >= 4 is 69.2 Å². The lowest BCUT2D eigenvalue weighted by molar-refractivity contribution is -0.117. The second-order valence-corrected chi connectivity index (χ2v) is 7.38. The fourth-order valence-corrected chi connectivity index (χ4v) is 4.28. The van der Waals surface area contributed by atoms with Gasteiger partial charge in [0, 0.05) is 28.9 Å². The summed E-state index contributed by atoms with van der Waals surface area (Å²) >= 11 is 0. The van der Waals surface area contributed by atoms with Gasteiger partial charge in [0.15, 0.2) is 0 Å². The van der Waals surface area contributed by atoms with Gasteiger partial charge >= 0.3 is 0 Å². The highest BCUT2D eigenvalue weighted by Gasteiger charge is 2.22. The van der Waals surface area contributed by atoms with Gasteiger partial charge in [0.05, 0.1) is 17.1 Å². The number of aryl methyl sites for hydroxylation is 2. The first-order valence-corrected chi connectivity index (χ1v) is 9.45. The Hall–Kier alpha value is -2.34. The zero-order valence-electron chi connectivity index (χ0n) is 16.4. The van der Waals surface area contributed by atoms with E-state index in [0.29, 0.717) is 0 Å². The molecular formula is C22H24Cl2N4O. The first-order chi connectivity index (χ1) is 13.1. The molecule has 3 heterocycles. The predicted octanol–water partition coefficient (Wildman–Crippen LogP) is 4.72. The van der Waals surface area contributed by atoms with Gasteiger partial charge in [-0.25, -0.2) is 4.98 Å². The van der Waals surface area contributed by atoms with E-state index in [4.69, 9.17) is 4.98 Å². The van der Waals surface area contributed by atoms with Crippen molar-refractivity contribution in [3.05, 3.63) is 48.0 Å². The van der Waals surface area contributed by atoms with Crippen LogP contribution in [0.2, 0.25) is 0 Å². The molecule has 1 aliphatic heterocycles. The molecule has 0 aliphatic carbocycles. The molecule has 4 aromatic rings. The number of amides is 1. The number of fused-ring (bicyclic) bond motifs is 4. The molecule has 0 radical (unpaired) electrons. The topological polar surface area (TPSA) is 59.0 Å². The van der Waals surface area contributed by atoms with E-state index in [1.807, 2.05) is 18.2 Å². The molecule has 0 bridgehead atoms. The SMILES string of the molecule is Cc1c2cc(NC(=O)[C@@H]3CCCN3)ccc2nc2c1c1ccccc1n2C.Cl.Cl. The number of carbonyl (C=O) groups excluding carboxylic acids is 1. The molecule has 1 fully saturated rings. The molecule has 0 unspecified atom stereocenters. The summed E-state index contributed by atoms with van der Waals surface area (Å²) in [6, 6.07) is 14.3. The minimum Gasteiger partial charge on any atom is -0.328 e. The number of carbonyl (C=O) groups is 1. The Balaban J connectivity index is 0.00000120. The molecule has 2 aromatic heterocycles. The van der Waals surface area contributed by atoms with E-state index in [0.717, 1.165) is 41.6 Å². The summed E-state index contributed by atoms with van der Waals surface area (Å²) in [6.45, 7) is 3.06. The Labute approximate surface area is 181 Å². The van der Waals surface area contributed by atoms with Gasteiger partial charge in [0.1, 0.15) is 5.65 Å². The van der Waals surface area contributed by atoms with Crippen molar-refractivity contribution in [2.24, 2.45) is 7.05 Å². The Kier molecular flexibility index (Phi) is 6.03. The Morgan fingerprint density at radius 2 is 1.97 bits per heavy atom. The fraction of sp³-hybridized carbons (Fsp3) is 0.273. The number of aromatic nitrogens is 2. The number of anilines is 1. The third kappa shape index (κ3) is 3.44. The zero-order valence-corrected chi connectivity index (χ0v) is 18.0. The molecule has 5 rings (SSSR count). The fourth-order valence-electron chi connectivity index (χ4n) is 4.28. The minimum absolute atomic E-state index is 0. The normalized spacial score (nSPS) is 16.0. The Morgan fingerprint density at radius 1 is 1.17 bits per heavy atom. The van der Waals surface area contributed by atoms with Crippen LogP contribution in [0, 0.1) is 6.92 Å². The maximum atomic E-state index is 12.4. The summed E-state index contributed by atoms with van der Waals surface area (Å²) in [7, 11) is 2.06. The highest BCUT2D eigenvalue weighted by molar-refractivity contribution is 6.13. The molecule has 0 saturated carbocycles. The molecular weight excluding hydrogens is 407 g/mol. The first kappa shape index (κ1) is 21.4. The Bertz CT molecular complexity index is 1210. The van der Waals surface area contributed by atoms with Crippen LogP contribution in [-0.2, 0) is 11.8 Å². The molecule has 29 heavy (non-hydrogen) atoms. The van der Waals surface area contributed by atoms with Crippen LogP contribution in [0.1, 0.15) is 18.4 Å². The number of halogens is 2. The van der Waals surface area contributed by atoms with Gasteiger partial charge in [-0.15, -0.1) is 24.8 Å². The van der Waals surface area contributed by atoms with Crippen molar-refractivity contribution in [1.82, 2.24) is 14.9 Å². The van der Waals surface area contributed by atoms with E-state index in [9.17, 15) is 4.79 Å². The lowest BCUT2D eigenvalue weighted by atomic mass is 10.0. The van der Waals surface area contributed by atoms with Gasteiger partial charge in [-0.2, -0.15) is 0 Å². The first-order valence-electron chi connectivity index (χ1n) is 9.45. The summed E-state index contributed by atoms with van der Waals surface area (Å²) in [5.74, 6) is 0.0451. The number of pyridine rings is 1. The van der Waals surface area contributed by atoms with Gasteiger partial charge in [-0.05, 0) is 56.1 Å². The molecule has 1 atom stereocenters. The molecule has 5 nitrogen and oxygen atoms in total. The number of rotatable bonds is 2. The summed E-state index contributed by atoms with van der Waals surface area (Å²) < 4.78 is 2.15. The summed E-state index contributed by atoms with van der Waals surface area (Å²) in [5, 5.41) is 9.78. The smallest absolute Gasteiger partial charge is 0.241 e. The standard InChI is InChI=1S/C22H22N4O.2ClH/c1-13-16-12-14(24-22(27)18-7-5-11-23-18)9-10-17(16)25-21-20(13)15-6-3-4-8-19(15)26(21)2;;/h3-4,6,8-10,12,18,23H,5,7,11H2,1-2H3,(H,24,27);2*1H/t18-;;/m0../s1. The van der Waals surface area contributed by atoms with Crippen molar-refractivity contribution in [3.63, 3.8) is 0 Å². The lowest BCUT2D eigenvalue weighted by Gasteiger charge is -2.12. The van der Waals surface area contributed by atoms with Crippen molar-refractivity contribution in [1.29, 1.82) is 0 Å². The average molecular weight is 431 g/mol. The van der Waals surface area contributed by atoms with Gasteiger partial charge in [-0.3, -0.25) is 4.79 Å². The van der Waals surface area contributed by atoms with Crippen molar-refractivity contribution < 1.29 is 4.79 Å². The lowest BCUT2D eigenvalue weighted by Crippen LogP contribution is -2.35. The van der Waals surface area contributed by atoms with Crippen LogP contribution in [0.15, 0.2) is 42.5 Å². The number of para-hydroxylation sites is 1. The molecule has 152 valence electrons. The molecule has 1 saturated heterocycles. The number of hydrogen-bond acceptors (Lipinski definition) is 3. The van der Waals surface area contributed by atoms with Crippen LogP contribution < -0.4 is 10.6 Å². The monoisotopic (exact) mass is 430 g/mol. The summed E-state index contributed by atoms with van der Waals surface area (Å²) in [5.41, 5.74) is 5.14. The third-order valence-corrected chi connectivity index (χ3v) is 5.72. The highest BCUT2D eigenvalue weighted by atomic mass is 35.5. The summed E-state index contributed by atoms with van der Waals surface area (Å²) in [6.07, 6.45) is 1.95. The third-order valence-electron chi connectivity index (χ3n) is 5.72. The maximum absolute atomic E-state index is 12.4. The Morgan fingerprint density at radius 3 is 2.72 bits per heavy atom. The van der Waals surface area contributed by atoms with E-state index in [-0.39, 0.29) is 36.8 Å². The summed E-state index contributed by atoms with van der Waals surface area (Å²) in [4.78, 5) is 17.3. The second kappa shape index (κ2) is 8.19. The van der Waals surface area contributed by atoms with E-state index < -0.39 is 0 Å².